The lowest BCUT2D eigenvalue weighted by atomic mass is 10.0. The van der Waals surface area contributed by atoms with Gasteiger partial charge >= 0.3 is 0 Å². The van der Waals surface area contributed by atoms with Crippen LogP contribution in [0.2, 0.25) is 0 Å². The van der Waals surface area contributed by atoms with Gasteiger partial charge in [0.1, 0.15) is 11.6 Å². The molecule has 2 saturated heterocycles. The number of rotatable bonds is 4. The van der Waals surface area contributed by atoms with Crippen molar-refractivity contribution in [3.63, 3.8) is 0 Å². The van der Waals surface area contributed by atoms with Gasteiger partial charge in [0.05, 0.1) is 0 Å². The van der Waals surface area contributed by atoms with Crippen LogP contribution in [0.1, 0.15) is 37.2 Å². The minimum atomic E-state index is 0. The zero-order chi connectivity index (χ0) is 21.4. The van der Waals surface area contributed by atoms with Crippen molar-refractivity contribution in [1.29, 1.82) is 0 Å². The number of hydrogen-bond donors (Lipinski definition) is 0. The highest BCUT2D eigenvalue weighted by molar-refractivity contribution is 5.88. The van der Waals surface area contributed by atoms with Gasteiger partial charge in [-0.25, -0.2) is 15.0 Å². The molecule has 32 heavy (non-hydrogen) atoms. The van der Waals surface area contributed by atoms with Gasteiger partial charge in [0.15, 0.2) is 17.0 Å². The van der Waals surface area contributed by atoms with Crippen molar-refractivity contribution in [1.82, 2.24) is 24.4 Å². The fourth-order valence-electron chi connectivity index (χ4n) is 4.83. The summed E-state index contributed by atoms with van der Waals surface area (Å²) in [5, 5.41) is 0. The summed E-state index contributed by atoms with van der Waals surface area (Å²) in [4.78, 5) is 19.8. The number of benzene rings is 1. The number of hydrogen-bond acceptors (Lipinski definition) is 6. The second kappa shape index (κ2) is 9.73. The molecule has 0 aliphatic carbocycles. The zero-order valence-corrected chi connectivity index (χ0v) is 20.1. The van der Waals surface area contributed by atoms with Crippen LogP contribution in [0.4, 0.5) is 5.82 Å². The summed E-state index contributed by atoms with van der Waals surface area (Å²) in [6.45, 7) is 9.79. The summed E-state index contributed by atoms with van der Waals surface area (Å²) in [5.41, 5.74) is 4.42. The Hall–Kier alpha value is -2.22. The largest absolute Gasteiger partial charge is 0.381 e. The minimum Gasteiger partial charge on any atom is -0.381 e. The number of nitrogens with zero attached hydrogens (tertiary/aromatic N) is 6. The molecule has 0 unspecified atom stereocenters. The first kappa shape index (κ1) is 23.0. The van der Waals surface area contributed by atoms with Crippen LogP contribution in [0.25, 0.3) is 22.6 Å². The molecule has 1 aromatic carbocycles. The van der Waals surface area contributed by atoms with E-state index in [-0.39, 0.29) is 12.4 Å². The van der Waals surface area contributed by atoms with Crippen LogP contribution in [-0.4, -0.2) is 70.9 Å². The molecule has 3 aromatic rings. The SMILES string of the molecule is CCc1ccccc1-c1nc2c(N3CCN(C)CC3)nc(C)nc2n1C1CCOCC1.Cl. The Morgan fingerprint density at radius 3 is 2.44 bits per heavy atom. The normalized spacial score (nSPS) is 18.2. The lowest BCUT2D eigenvalue weighted by Crippen LogP contribution is -2.45. The molecule has 0 N–H and O–H groups in total. The number of fused-ring (bicyclic) bond motifs is 1. The van der Waals surface area contributed by atoms with Gasteiger partial charge in [-0.05, 0) is 38.8 Å². The van der Waals surface area contributed by atoms with Crippen molar-refractivity contribution < 1.29 is 4.74 Å². The molecule has 0 radical (unpaired) electrons. The van der Waals surface area contributed by atoms with Crippen molar-refractivity contribution in [3.8, 4) is 11.4 Å². The number of aromatic nitrogens is 4. The molecule has 8 heteroatoms. The Morgan fingerprint density at radius 1 is 1.00 bits per heavy atom. The molecule has 2 aliphatic rings. The van der Waals surface area contributed by atoms with Gasteiger partial charge < -0.3 is 19.1 Å². The molecule has 0 saturated carbocycles. The number of aryl methyl sites for hydroxylation is 2. The monoisotopic (exact) mass is 456 g/mol. The standard InChI is InChI=1S/C24H32N6O.ClH/c1-4-18-7-5-6-8-20(18)22-27-21-23(29-13-11-28(3)12-14-29)25-17(2)26-24(21)30(22)19-9-15-31-16-10-19;/h5-8,19H,4,9-16H2,1-3H3;1H. The van der Waals surface area contributed by atoms with Crippen molar-refractivity contribution in [2.24, 2.45) is 0 Å². The molecule has 0 amide bonds. The predicted octanol–water partition coefficient (Wildman–Crippen LogP) is 3.89. The maximum atomic E-state index is 5.67. The first-order valence-electron chi connectivity index (χ1n) is 11.5. The first-order valence-corrected chi connectivity index (χ1v) is 11.5. The van der Waals surface area contributed by atoms with Gasteiger partial charge in [-0.1, -0.05) is 31.2 Å². The van der Waals surface area contributed by atoms with Gasteiger partial charge in [0.25, 0.3) is 0 Å². The highest BCUT2D eigenvalue weighted by Gasteiger charge is 2.28. The van der Waals surface area contributed by atoms with Crippen LogP contribution < -0.4 is 4.90 Å². The van der Waals surface area contributed by atoms with Crippen LogP contribution >= 0.6 is 12.4 Å². The third-order valence-corrected chi connectivity index (χ3v) is 6.63. The quantitative estimate of drug-likeness (QED) is 0.593. The smallest absolute Gasteiger partial charge is 0.166 e. The molecule has 2 aromatic heterocycles. The number of imidazole rings is 1. The van der Waals surface area contributed by atoms with E-state index in [9.17, 15) is 0 Å². The molecule has 0 atom stereocenters. The van der Waals surface area contributed by atoms with Crippen molar-refractivity contribution in [3.05, 3.63) is 35.7 Å². The first-order chi connectivity index (χ1) is 15.2. The van der Waals surface area contributed by atoms with Crippen LogP contribution in [-0.2, 0) is 11.2 Å². The number of likely N-dealkylation sites (N-methyl/N-ethyl adjacent to an activating group) is 1. The van der Waals surface area contributed by atoms with Crippen molar-refractivity contribution in [2.75, 3.05) is 51.3 Å². The molecule has 2 aliphatic heterocycles. The fraction of sp³-hybridized carbons (Fsp3) is 0.542. The van der Waals surface area contributed by atoms with E-state index >= 15 is 0 Å². The maximum absolute atomic E-state index is 5.67. The van der Waals surface area contributed by atoms with E-state index in [1.54, 1.807) is 0 Å². The molecule has 172 valence electrons. The van der Waals surface area contributed by atoms with E-state index in [1.165, 1.54) is 11.1 Å². The fourth-order valence-corrected chi connectivity index (χ4v) is 4.83. The van der Waals surface area contributed by atoms with Gasteiger partial charge in [-0.2, -0.15) is 0 Å². The Kier molecular flexibility index (Phi) is 6.98. The summed E-state index contributed by atoms with van der Waals surface area (Å²) >= 11 is 0. The Balaban J connectivity index is 0.00000245. The summed E-state index contributed by atoms with van der Waals surface area (Å²) in [6.07, 6.45) is 2.95. The molecular formula is C24H33ClN6O. The van der Waals surface area contributed by atoms with Crippen LogP contribution in [0.3, 0.4) is 0 Å². The Morgan fingerprint density at radius 2 is 1.72 bits per heavy atom. The van der Waals surface area contributed by atoms with Crippen molar-refractivity contribution >= 4 is 29.4 Å². The van der Waals surface area contributed by atoms with Gasteiger partial charge in [-0.3, -0.25) is 0 Å². The maximum Gasteiger partial charge on any atom is 0.166 e. The third kappa shape index (κ3) is 4.21. The van der Waals surface area contributed by atoms with Gasteiger partial charge in [-0.15, -0.1) is 12.4 Å². The van der Waals surface area contributed by atoms with Crippen LogP contribution in [0, 0.1) is 6.92 Å². The molecule has 7 nitrogen and oxygen atoms in total. The second-order valence-corrected chi connectivity index (χ2v) is 8.72. The summed E-state index contributed by atoms with van der Waals surface area (Å²) in [6, 6.07) is 8.98. The third-order valence-electron chi connectivity index (χ3n) is 6.63. The predicted molar refractivity (Wildman–Crippen MR) is 131 cm³/mol. The number of ether oxygens (including phenoxy) is 1. The highest BCUT2D eigenvalue weighted by Crippen LogP contribution is 2.36. The van der Waals surface area contributed by atoms with E-state index in [1.807, 2.05) is 6.92 Å². The number of halogens is 1. The lowest BCUT2D eigenvalue weighted by molar-refractivity contribution is 0.0708. The highest BCUT2D eigenvalue weighted by atomic mass is 35.5. The zero-order valence-electron chi connectivity index (χ0n) is 19.3. The number of piperazine rings is 1. The van der Waals surface area contributed by atoms with E-state index < -0.39 is 0 Å². The van der Waals surface area contributed by atoms with E-state index in [0.717, 1.165) is 87.3 Å². The molecule has 0 spiro atoms. The summed E-state index contributed by atoms with van der Waals surface area (Å²) in [7, 11) is 2.18. The van der Waals surface area contributed by atoms with Gasteiger partial charge in [0.2, 0.25) is 0 Å². The van der Waals surface area contributed by atoms with E-state index in [0.29, 0.717) is 6.04 Å². The lowest BCUT2D eigenvalue weighted by Gasteiger charge is -2.33. The molecule has 5 rings (SSSR count). The number of anilines is 1. The van der Waals surface area contributed by atoms with E-state index in [2.05, 4.69) is 52.6 Å². The molecular weight excluding hydrogens is 424 g/mol. The Bertz CT molecular complexity index is 1070. The van der Waals surface area contributed by atoms with Crippen LogP contribution in [0.15, 0.2) is 24.3 Å². The van der Waals surface area contributed by atoms with E-state index in [4.69, 9.17) is 19.7 Å². The topological polar surface area (TPSA) is 59.3 Å². The molecule has 2 fully saturated rings. The summed E-state index contributed by atoms with van der Waals surface area (Å²) < 4.78 is 8.06. The summed E-state index contributed by atoms with van der Waals surface area (Å²) in [5.74, 6) is 2.82. The Labute approximate surface area is 196 Å². The van der Waals surface area contributed by atoms with Gasteiger partial charge in [0, 0.05) is 51.0 Å². The average Bonchev–Trinajstić information content (AvgIpc) is 3.18. The minimum absolute atomic E-state index is 0. The van der Waals surface area contributed by atoms with Crippen LogP contribution in [0.5, 0.6) is 0 Å². The average molecular weight is 457 g/mol. The second-order valence-electron chi connectivity index (χ2n) is 8.72. The van der Waals surface area contributed by atoms with Crippen molar-refractivity contribution in [2.45, 2.75) is 39.2 Å². The molecule has 4 heterocycles. The molecule has 0 bridgehead atoms.